The van der Waals surface area contributed by atoms with Crippen LogP contribution >= 0.6 is 0 Å². The van der Waals surface area contributed by atoms with Gasteiger partial charge >= 0.3 is 0 Å². The Hall–Kier alpha value is -2.58. The lowest BCUT2D eigenvalue weighted by atomic mass is 10.2. The topological polar surface area (TPSA) is 93.1 Å². The summed E-state index contributed by atoms with van der Waals surface area (Å²) < 4.78 is 7.06. The first kappa shape index (κ1) is 15.9. The van der Waals surface area contributed by atoms with E-state index in [0.717, 1.165) is 31.5 Å². The zero-order chi connectivity index (χ0) is 17.1. The lowest BCUT2D eigenvalue weighted by molar-refractivity contribution is 0.138. The molecule has 0 spiro atoms. The lowest BCUT2D eigenvalue weighted by Crippen LogP contribution is -2.23. The molecule has 3 heterocycles. The largest absolute Gasteiger partial charge is 0.390 e. The second-order valence-corrected chi connectivity index (χ2v) is 6.26. The maximum absolute atomic E-state index is 10.2. The molecule has 4 rings (SSSR count). The Kier molecular flexibility index (Phi) is 4.53. The van der Waals surface area contributed by atoms with Gasteiger partial charge in [0.25, 0.3) is 0 Å². The highest BCUT2D eigenvalue weighted by Crippen LogP contribution is 2.21. The number of β-amino-alcohol motifs (C(OH)–C–C–N with tert-alkyl or cyclic N) is 1. The third kappa shape index (κ3) is 3.59. The van der Waals surface area contributed by atoms with Crippen LogP contribution in [0.3, 0.4) is 0 Å². The number of aliphatic hydroxyl groups excluding tert-OH is 1. The average molecular weight is 340 g/mol. The predicted molar refractivity (Wildman–Crippen MR) is 89.6 cm³/mol. The van der Waals surface area contributed by atoms with Crippen LogP contribution in [0.5, 0.6) is 0 Å². The molecule has 1 aromatic carbocycles. The fourth-order valence-corrected chi connectivity index (χ4v) is 3.20. The van der Waals surface area contributed by atoms with E-state index in [2.05, 4.69) is 25.4 Å². The number of aryl methyl sites for hydroxylation is 1. The van der Waals surface area contributed by atoms with Crippen molar-refractivity contribution in [3.05, 3.63) is 48.6 Å². The highest BCUT2D eigenvalue weighted by molar-refractivity contribution is 5.53. The Balaban J connectivity index is 1.28. The third-order valence-corrected chi connectivity index (χ3v) is 4.48. The van der Waals surface area contributed by atoms with E-state index in [1.807, 2.05) is 30.3 Å². The Labute approximate surface area is 145 Å². The Bertz CT molecular complexity index is 789. The first-order chi connectivity index (χ1) is 12.3. The fourth-order valence-electron chi connectivity index (χ4n) is 3.20. The van der Waals surface area contributed by atoms with E-state index in [9.17, 15) is 5.11 Å². The highest BCUT2D eigenvalue weighted by atomic mass is 16.5. The normalized spacial score (nSPS) is 21.0. The summed E-state index contributed by atoms with van der Waals surface area (Å²) >= 11 is 0. The van der Waals surface area contributed by atoms with E-state index in [1.165, 1.54) is 0 Å². The Morgan fingerprint density at radius 3 is 2.88 bits per heavy atom. The van der Waals surface area contributed by atoms with Crippen molar-refractivity contribution in [3.63, 3.8) is 0 Å². The van der Waals surface area contributed by atoms with E-state index in [1.54, 1.807) is 17.1 Å². The smallest absolute Gasteiger partial charge is 0.227 e. The second kappa shape index (κ2) is 7.12. The first-order valence-corrected chi connectivity index (χ1v) is 8.44. The monoisotopic (exact) mass is 340 g/mol. The molecule has 2 atom stereocenters. The molecule has 25 heavy (non-hydrogen) atoms. The second-order valence-electron chi connectivity index (χ2n) is 6.26. The minimum absolute atomic E-state index is 0.0319. The quantitative estimate of drug-likeness (QED) is 0.720. The first-order valence-electron chi connectivity index (χ1n) is 8.44. The van der Waals surface area contributed by atoms with Gasteiger partial charge in [-0.1, -0.05) is 40.7 Å². The van der Waals surface area contributed by atoms with Crippen LogP contribution in [0.4, 0.5) is 0 Å². The molecule has 0 bridgehead atoms. The zero-order valence-electron chi connectivity index (χ0n) is 13.8. The van der Waals surface area contributed by atoms with Gasteiger partial charge < -0.3 is 9.63 Å². The number of likely N-dealkylation sites (tertiary alicyclic amines) is 1. The summed E-state index contributed by atoms with van der Waals surface area (Å²) in [5.41, 5.74) is 0.954. The van der Waals surface area contributed by atoms with Crippen molar-refractivity contribution in [2.45, 2.75) is 25.0 Å². The summed E-state index contributed by atoms with van der Waals surface area (Å²) in [7, 11) is 0. The minimum atomic E-state index is -0.421. The van der Waals surface area contributed by atoms with Crippen molar-refractivity contribution in [2.75, 3.05) is 19.6 Å². The summed E-state index contributed by atoms with van der Waals surface area (Å²) in [6, 6.07) is 9.76. The average Bonchev–Trinajstić information content (AvgIpc) is 3.37. The highest BCUT2D eigenvalue weighted by Gasteiger charge is 2.32. The number of benzene rings is 1. The number of hydrogen-bond acceptors (Lipinski definition) is 7. The number of nitrogens with zero attached hydrogens (tertiary/aromatic N) is 6. The van der Waals surface area contributed by atoms with Crippen molar-refractivity contribution < 1.29 is 9.63 Å². The number of aromatic nitrogens is 5. The summed E-state index contributed by atoms with van der Waals surface area (Å²) in [6.07, 6.45) is 4.62. The van der Waals surface area contributed by atoms with Gasteiger partial charge in [0.15, 0.2) is 0 Å². The van der Waals surface area contributed by atoms with Crippen molar-refractivity contribution in [1.82, 2.24) is 30.0 Å². The molecule has 2 aromatic heterocycles. The molecule has 8 heteroatoms. The lowest BCUT2D eigenvalue weighted by Gasteiger charge is -2.14. The van der Waals surface area contributed by atoms with E-state index in [-0.39, 0.29) is 6.04 Å². The molecule has 1 aliphatic heterocycles. The Morgan fingerprint density at radius 1 is 1.20 bits per heavy atom. The van der Waals surface area contributed by atoms with Crippen LogP contribution in [-0.4, -0.2) is 60.9 Å². The van der Waals surface area contributed by atoms with E-state index in [0.29, 0.717) is 18.3 Å². The zero-order valence-corrected chi connectivity index (χ0v) is 13.8. The van der Waals surface area contributed by atoms with Crippen molar-refractivity contribution in [1.29, 1.82) is 0 Å². The molecule has 1 aliphatic rings. The summed E-state index contributed by atoms with van der Waals surface area (Å²) in [5, 5.41) is 22.0. The van der Waals surface area contributed by atoms with Crippen molar-refractivity contribution in [3.8, 4) is 11.4 Å². The van der Waals surface area contributed by atoms with Gasteiger partial charge in [-0.3, -0.25) is 4.90 Å². The van der Waals surface area contributed by atoms with Gasteiger partial charge in [-0.25, -0.2) is 4.68 Å². The molecule has 0 unspecified atom stereocenters. The van der Waals surface area contributed by atoms with Gasteiger partial charge in [-0.05, 0) is 13.0 Å². The van der Waals surface area contributed by atoms with E-state index >= 15 is 0 Å². The standard InChI is InChI=1S/C17H20N6O2/c24-15-12-22(11-14(15)23-10-8-18-21-23)9-4-7-16-19-17(20-25-16)13-5-2-1-3-6-13/h1-3,5-6,8,10,14-15,24H,4,7,9,11-12H2/t14-,15-/m1/s1. The van der Waals surface area contributed by atoms with Gasteiger partial charge in [0.05, 0.1) is 18.3 Å². The molecule has 0 saturated carbocycles. The van der Waals surface area contributed by atoms with Gasteiger partial charge in [0, 0.05) is 31.3 Å². The predicted octanol–water partition coefficient (Wildman–Crippen LogP) is 1.18. The molecule has 1 N–H and O–H groups in total. The van der Waals surface area contributed by atoms with E-state index < -0.39 is 6.10 Å². The summed E-state index contributed by atoms with van der Waals surface area (Å²) in [5.74, 6) is 1.27. The van der Waals surface area contributed by atoms with Crippen LogP contribution in [0.25, 0.3) is 11.4 Å². The van der Waals surface area contributed by atoms with Crippen LogP contribution in [0.1, 0.15) is 18.4 Å². The molecule has 8 nitrogen and oxygen atoms in total. The number of hydrogen-bond donors (Lipinski definition) is 1. The molecule has 130 valence electrons. The number of rotatable bonds is 6. The van der Waals surface area contributed by atoms with Gasteiger partial charge in [-0.15, -0.1) is 5.10 Å². The molecule has 0 amide bonds. The van der Waals surface area contributed by atoms with Crippen molar-refractivity contribution in [2.24, 2.45) is 0 Å². The summed E-state index contributed by atoms with van der Waals surface area (Å²) in [4.78, 5) is 6.67. The molecular weight excluding hydrogens is 320 g/mol. The molecule has 3 aromatic rings. The fraction of sp³-hybridized carbons (Fsp3) is 0.412. The Morgan fingerprint density at radius 2 is 2.08 bits per heavy atom. The molecule has 1 fully saturated rings. The number of aliphatic hydroxyl groups is 1. The molecule has 0 aliphatic carbocycles. The summed E-state index contributed by atoms with van der Waals surface area (Å²) in [6.45, 7) is 2.28. The van der Waals surface area contributed by atoms with Crippen LogP contribution in [0.15, 0.2) is 47.2 Å². The van der Waals surface area contributed by atoms with Crippen molar-refractivity contribution >= 4 is 0 Å². The minimum Gasteiger partial charge on any atom is -0.390 e. The van der Waals surface area contributed by atoms with Crippen LogP contribution in [-0.2, 0) is 6.42 Å². The van der Waals surface area contributed by atoms with Gasteiger partial charge in [-0.2, -0.15) is 4.98 Å². The van der Waals surface area contributed by atoms with Crippen LogP contribution < -0.4 is 0 Å². The SMILES string of the molecule is O[C@@H]1CN(CCCc2nc(-c3ccccc3)no2)C[C@H]1n1ccnn1. The van der Waals surface area contributed by atoms with E-state index in [4.69, 9.17) is 4.52 Å². The maximum atomic E-state index is 10.2. The third-order valence-electron chi connectivity index (χ3n) is 4.48. The van der Waals surface area contributed by atoms with Gasteiger partial charge in [0.2, 0.25) is 11.7 Å². The van der Waals surface area contributed by atoms with Gasteiger partial charge in [0.1, 0.15) is 0 Å². The maximum Gasteiger partial charge on any atom is 0.227 e. The molecular formula is C17H20N6O2. The van der Waals surface area contributed by atoms with Crippen LogP contribution in [0.2, 0.25) is 0 Å². The molecule has 1 saturated heterocycles. The molecule has 0 radical (unpaired) electrons. The van der Waals surface area contributed by atoms with Crippen LogP contribution in [0, 0.1) is 0 Å².